The second-order valence-electron chi connectivity index (χ2n) is 6.64. The van der Waals surface area contributed by atoms with Gasteiger partial charge in [0.25, 0.3) is 0 Å². The maximum Gasteiger partial charge on any atom is 0.194 e. The first kappa shape index (κ1) is 26.2. The molecule has 0 aliphatic heterocycles. The topological polar surface area (TPSA) is 76.8 Å². The van der Waals surface area contributed by atoms with Crippen molar-refractivity contribution in [3.8, 4) is 5.75 Å². The van der Waals surface area contributed by atoms with Gasteiger partial charge in [0.05, 0.1) is 7.11 Å². The van der Waals surface area contributed by atoms with Crippen LogP contribution in [-0.4, -0.2) is 66.1 Å². The summed E-state index contributed by atoms with van der Waals surface area (Å²) in [6, 6.07) is 8.06. The number of benzene rings is 1. The Kier molecular flexibility index (Phi) is 13.1. The van der Waals surface area contributed by atoms with Gasteiger partial charge in [0.1, 0.15) is 17.9 Å². The van der Waals surface area contributed by atoms with E-state index in [9.17, 15) is 0 Å². The average Bonchev–Trinajstić information content (AvgIpc) is 3.20. The third-order valence-electron chi connectivity index (χ3n) is 4.52. The molecule has 1 N–H and O–H groups in total. The summed E-state index contributed by atoms with van der Waals surface area (Å²) in [5.74, 6) is 2.73. The first-order chi connectivity index (χ1) is 14.2. The monoisotopic (exact) mass is 530 g/mol. The Hall–Kier alpha value is -1.88. The molecular formula is C21H35IN6O2. The molecule has 0 aliphatic carbocycles. The molecule has 0 atom stereocenters. The van der Waals surface area contributed by atoms with E-state index in [0.717, 1.165) is 62.2 Å². The maximum absolute atomic E-state index is 5.49. The van der Waals surface area contributed by atoms with Gasteiger partial charge in [0.15, 0.2) is 5.96 Å². The van der Waals surface area contributed by atoms with Gasteiger partial charge in [-0.15, -0.1) is 34.2 Å². The van der Waals surface area contributed by atoms with Crippen LogP contribution in [0.15, 0.2) is 35.6 Å². The van der Waals surface area contributed by atoms with Crippen LogP contribution >= 0.6 is 24.0 Å². The molecule has 2 aromatic rings. The SMILES string of the molecule is CCOCCCN=C(NCCn1cnnc1CC)N(C)Cc1ccccc1OC.I. The van der Waals surface area contributed by atoms with Crippen molar-refractivity contribution in [1.82, 2.24) is 25.0 Å². The first-order valence-electron chi connectivity index (χ1n) is 10.2. The summed E-state index contributed by atoms with van der Waals surface area (Å²) < 4.78 is 13.0. The van der Waals surface area contributed by atoms with Gasteiger partial charge in [-0.2, -0.15) is 0 Å². The van der Waals surface area contributed by atoms with Crippen molar-refractivity contribution in [2.75, 3.05) is 40.5 Å². The summed E-state index contributed by atoms with van der Waals surface area (Å²) in [4.78, 5) is 6.90. The van der Waals surface area contributed by atoms with E-state index in [2.05, 4.69) is 38.0 Å². The number of rotatable bonds is 12. The second kappa shape index (κ2) is 15.0. The van der Waals surface area contributed by atoms with E-state index < -0.39 is 0 Å². The smallest absolute Gasteiger partial charge is 0.194 e. The molecular weight excluding hydrogens is 495 g/mol. The third-order valence-corrected chi connectivity index (χ3v) is 4.52. The molecule has 0 aliphatic rings. The predicted molar refractivity (Wildman–Crippen MR) is 131 cm³/mol. The molecule has 1 aromatic heterocycles. The van der Waals surface area contributed by atoms with Gasteiger partial charge in [-0.25, -0.2) is 0 Å². The highest BCUT2D eigenvalue weighted by Crippen LogP contribution is 2.18. The molecule has 0 saturated heterocycles. The Morgan fingerprint density at radius 2 is 2.07 bits per heavy atom. The Bertz CT molecular complexity index is 753. The van der Waals surface area contributed by atoms with Crippen molar-refractivity contribution >= 4 is 29.9 Å². The number of halogens is 1. The van der Waals surface area contributed by atoms with E-state index in [1.54, 1.807) is 13.4 Å². The summed E-state index contributed by atoms with van der Waals surface area (Å²) in [5.41, 5.74) is 1.12. The van der Waals surface area contributed by atoms with E-state index in [0.29, 0.717) is 13.1 Å². The molecule has 9 heteroatoms. The number of guanidine groups is 1. The minimum Gasteiger partial charge on any atom is -0.496 e. The lowest BCUT2D eigenvalue weighted by Crippen LogP contribution is -2.40. The number of aliphatic imine (C=N–C) groups is 1. The van der Waals surface area contributed by atoms with Crippen LogP contribution in [0.2, 0.25) is 0 Å². The Morgan fingerprint density at radius 1 is 1.27 bits per heavy atom. The number of nitrogens with one attached hydrogen (secondary N) is 1. The Balaban J connectivity index is 0.00000450. The van der Waals surface area contributed by atoms with E-state index >= 15 is 0 Å². The van der Waals surface area contributed by atoms with Crippen LogP contribution in [0.1, 0.15) is 31.7 Å². The molecule has 168 valence electrons. The number of aryl methyl sites for hydroxylation is 1. The number of methoxy groups -OCH3 is 1. The van der Waals surface area contributed by atoms with Gasteiger partial charge in [0, 0.05) is 58.4 Å². The van der Waals surface area contributed by atoms with Crippen molar-refractivity contribution in [2.45, 2.75) is 39.8 Å². The number of hydrogen-bond acceptors (Lipinski definition) is 5. The minimum atomic E-state index is 0. The average molecular weight is 530 g/mol. The van der Waals surface area contributed by atoms with Gasteiger partial charge in [-0.05, 0) is 19.4 Å². The molecule has 1 heterocycles. The van der Waals surface area contributed by atoms with Crippen LogP contribution in [0, 0.1) is 0 Å². The van der Waals surface area contributed by atoms with Gasteiger partial charge in [-0.1, -0.05) is 25.1 Å². The van der Waals surface area contributed by atoms with Gasteiger partial charge in [0.2, 0.25) is 0 Å². The van der Waals surface area contributed by atoms with E-state index in [1.807, 2.05) is 32.2 Å². The lowest BCUT2D eigenvalue weighted by atomic mass is 10.2. The molecule has 0 bridgehead atoms. The number of ether oxygens (including phenoxy) is 2. The third kappa shape index (κ3) is 8.47. The molecule has 0 saturated carbocycles. The molecule has 8 nitrogen and oxygen atoms in total. The molecule has 1 aromatic carbocycles. The first-order valence-corrected chi connectivity index (χ1v) is 10.2. The molecule has 0 spiro atoms. The van der Waals surface area contributed by atoms with Crippen LogP contribution in [0.25, 0.3) is 0 Å². The highest BCUT2D eigenvalue weighted by atomic mass is 127. The zero-order valence-corrected chi connectivity index (χ0v) is 20.8. The van der Waals surface area contributed by atoms with Crippen LogP contribution < -0.4 is 10.1 Å². The zero-order valence-electron chi connectivity index (χ0n) is 18.5. The van der Waals surface area contributed by atoms with Crippen molar-refractivity contribution in [2.24, 2.45) is 4.99 Å². The largest absolute Gasteiger partial charge is 0.496 e. The standard InChI is InChI=1S/C21H34N6O2.HI/c1-5-20-25-24-17-27(20)14-13-23-21(22-12-9-15-29-6-2)26(3)16-18-10-7-8-11-19(18)28-4;/h7-8,10-11,17H,5-6,9,12-16H2,1-4H3,(H,22,23);1H. The highest BCUT2D eigenvalue weighted by Gasteiger charge is 2.11. The Labute approximate surface area is 197 Å². The number of aromatic nitrogens is 3. The molecule has 30 heavy (non-hydrogen) atoms. The van der Waals surface area contributed by atoms with Crippen LogP contribution in [-0.2, 0) is 24.2 Å². The number of hydrogen-bond donors (Lipinski definition) is 1. The van der Waals surface area contributed by atoms with Gasteiger partial charge in [-0.3, -0.25) is 4.99 Å². The minimum absolute atomic E-state index is 0. The lowest BCUT2D eigenvalue weighted by Gasteiger charge is -2.23. The fourth-order valence-corrected chi connectivity index (χ4v) is 3.00. The maximum atomic E-state index is 5.49. The zero-order chi connectivity index (χ0) is 20.9. The van der Waals surface area contributed by atoms with E-state index in [1.165, 1.54) is 0 Å². The fraction of sp³-hybridized carbons (Fsp3) is 0.571. The summed E-state index contributed by atoms with van der Waals surface area (Å²) in [6.45, 7) is 8.50. The lowest BCUT2D eigenvalue weighted by molar-refractivity contribution is 0.146. The number of nitrogens with zero attached hydrogens (tertiary/aromatic N) is 5. The highest BCUT2D eigenvalue weighted by molar-refractivity contribution is 14.0. The van der Waals surface area contributed by atoms with Crippen LogP contribution in [0.4, 0.5) is 0 Å². The fourth-order valence-electron chi connectivity index (χ4n) is 3.00. The Morgan fingerprint density at radius 3 is 2.80 bits per heavy atom. The number of para-hydroxylation sites is 1. The van der Waals surface area contributed by atoms with Gasteiger partial charge >= 0.3 is 0 Å². The normalized spacial score (nSPS) is 11.1. The van der Waals surface area contributed by atoms with E-state index in [-0.39, 0.29) is 24.0 Å². The van der Waals surface area contributed by atoms with Crippen molar-refractivity contribution in [3.63, 3.8) is 0 Å². The predicted octanol–water partition coefficient (Wildman–Crippen LogP) is 2.97. The molecule has 0 fully saturated rings. The molecule has 0 radical (unpaired) electrons. The van der Waals surface area contributed by atoms with Crippen LogP contribution in [0.3, 0.4) is 0 Å². The molecule has 0 amide bonds. The summed E-state index contributed by atoms with van der Waals surface area (Å²) in [6.07, 6.45) is 3.54. The second-order valence-corrected chi connectivity index (χ2v) is 6.64. The van der Waals surface area contributed by atoms with Gasteiger partial charge < -0.3 is 24.3 Å². The summed E-state index contributed by atoms with van der Waals surface area (Å²) in [7, 11) is 3.74. The van der Waals surface area contributed by atoms with Crippen LogP contribution in [0.5, 0.6) is 5.75 Å². The van der Waals surface area contributed by atoms with Crippen molar-refractivity contribution < 1.29 is 9.47 Å². The van der Waals surface area contributed by atoms with Crippen molar-refractivity contribution in [1.29, 1.82) is 0 Å². The molecule has 2 rings (SSSR count). The quantitative estimate of drug-likeness (QED) is 0.197. The van der Waals surface area contributed by atoms with E-state index in [4.69, 9.17) is 14.5 Å². The van der Waals surface area contributed by atoms with Crippen molar-refractivity contribution in [3.05, 3.63) is 42.0 Å². The summed E-state index contributed by atoms with van der Waals surface area (Å²) in [5, 5.41) is 11.6. The molecule has 0 unspecified atom stereocenters. The summed E-state index contributed by atoms with van der Waals surface area (Å²) >= 11 is 0.